The molecule has 0 atom stereocenters. The summed E-state index contributed by atoms with van der Waals surface area (Å²) in [4.78, 5) is 14.0. The van der Waals surface area contributed by atoms with Crippen LogP contribution >= 0.6 is 11.6 Å². The topological polar surface area (TPSA) is 32.3 Å². The number of amides is 2. The Kier molecular flexibility index (Phi) is 3.57. The van der Waals surface area contributed by atoms with Crippen LogP contribution < -0.4 is 5.32 Å². The van der Waals surface area contributed by atoms with Crippen molar-refractivity contribution in [2.24, 2.45) is 0 Å². The van der Waals surface area contributed by atoms with Crippen molar-refractivity contribution in [3.05, 3.63) is 29.3 Å². The highest BCUT2D eigenvalue weighted by molar-refractivity contribution is 6.30. The number of hydrogen-bond acceptors (Lipinski definition) is 1. The number of rotatable bonds is 3. The standard InChI is InChI=1S/C13H17ClN2O/c1-9(2)16(12-7-8-12)13(17)15-11-5-3-10(14)4-6-11/h3-6,9,12H,7-8H2,1-2H3,(H,15,17). The fraction of sp³-hybridized carbons (Fsp3) is 0.462. The molecule has 0 bridgehead atoms. The number of halogens is 1. The second-order valence-electron chi connectivity index (χ2n) is 4.67. The molecule has 0 spiro atoms. The lowest BCUT2D eigenvalue weighted by molar-refractivity contribution is 0.193. The van der Waals surface area contributed by atoms with Gasteiger partial charge in [-0.15, -0.1) is 0 Å². The zero-order valence-electron chi connectivity index (χ0n) is 10.1. The summed E-state index contributed by atoms with van der Waals surface area (Å²) < 4.78 is 0. The van der Waals surface area contributed by atoms with E-state index in [1.807, 2.05) is 30.9 Å². The van der Waals surface area contributed by atoms with Gasteiger partial charge in [0.2, 0.25) is 0 Å². The molecule has 0 heterocycles. The Morgan fingerprint density at radius 3 is 2.41 bits per heavy atom. The van der Waals surface area contributed by atoms with Gasteiger partial charge in [0.1, 0.15) is 0 Å². The molecule has 0 aromatic heterocycles. The fourth-order valence-electron chi connectivity index (χ4n) is 1.90. The van der Waals surface area contributed by atoms with Gasteiger partial charge in [0.15, 0.2) is 0 Å². The molecule has 1 aromatic rings. The second-order valence-corrected chi connectivity index (χ2v) is 5.11. The highest BCUT2D eigenvalue weighted by Crippen LogP contribution is 2.29. The molecule has 0 radical (unpaired) electrons. The van der Waals surface area contributed by atoms with Gasteiger partial charge >= 0.3 is 6.03 Å². The molecule has 0 unspecified atom stereocenters. The van der Waals surface area contributed by atoms with Crippen LogP contribution in [0.15, 0.2) is 24.3 Å². The van der Waals surface area contributed by atoms with Crippen molar-refractivity contribution in [2.75, 3.05) is 5.32 Å². The van der Waals surface area contributed by atoms with E-state index >= 15 is 0 Å². The number of nitrogens with one attached hydrogen (secondary N) is 1. The zero-order valence-corrected chi connectivity index (χ0v) is 10.9. The van der Waals surface area contributed by atoms with Gasteiger partial charge in [-0.2, -0.15) is 0 Å². The van der Waals surface area contributed by atoms with Gasteiger partial charge in [0.25, 0.3) is 0 Å². The number of carbonyl (C=O) groups is 1. The molecule has 92 valence electrons. The largest absolute Gasteiger partial charge is 0.322 e. The summed E-state index contributed by atoms with van der Waals surface area (Å²) in [6.07, 6.45) is 2.23. The summed E-state index contributed by atoms with van der Waals surface area (Å²) in [6.45, 7) is 4.08. The highest BCUT2D eigenvalue weighted by Gasteiger charge is 2.34. The third kappa shape index (κ3) is 3.13. The Morgan fingerprint density at radius 1 is 1.35 bits per heavy atom. The monoisotopic (exact) mass is 252 g/mol. The first-order chi connectivity index (χ1) is 8.08. The third-order valence-corrected chi connectivity index (χ3v) is 3.08. The highest BCUT2D eigenvalue weighted by atomic mass is 35.5. The van der Waals surface area contributed by atoms with Crippen LogP contribution in [0.25, 0.3) is 0 Å². The van der Waals surface area contributed by atoms with Crippen molar-refractivity contribution >= 4 is 23.3 Å². The van der Waals surface area contributed by atoms with Crippen LogP contribution in [0.2, 0.25) is 5.02 Å². The normalized spacial score (nSPS) is 14.8. The minimum absolute atomic E-state index is 0.0233. The maximum atomic E-state index is 12.1. The maximum Gasteiger partial charge on any atom is 0.322 e. The molecule has 1 aromatic carbocycles. The van der Waals surface area contributed by atoms with Gasteiger partial charge in [0, 0.05) is 22.8 Å². The SMILES string of the molecule is CC(C)N(C(=O)Nc1ccc(Cl)cc1)C1CC1. The molecule has 3 nitrogen and oxygen atoms in total. The molecule has 2 amide bonds. The molecule has 0 aliphatic heterocycles. The minimum Gasteiger partial charge on any atom is -0.319 e. The van der Waals surface area contributed by atoms with Crippen LogP contribution in [-0.4, -0.2) is 23.0 Å². The van der Waals surface area contributed by atoms with Crippen molar-refractivity contribution in [1.82, 2.24) is 4.90 Å². The van der Waals surface area contributed by atoms with E-state index in [0.717, 1.165) is 18.5 Å². The third-order valence-electron chi connectivity index (χ3n) is 2.83. The maximum absolute atomic E-state index is 12.1. The van der Waals surface area contributed by atoms with Crippen LogP contribution in [0, 0.1) is 0 Å². The second kappa shape index (κ2) is 4.96. The van der Waals surface area contributed by atoms with Crippen molar-refractivity contribution in [1.29, 1.82) is 0 Å². The molecule has 1 saturated carbocycles. The van der Waals surface area contributed by atoms with Crippen LogP contribution in [0.4, 0.5) is 10.5 Å². The first kappa shape index (κ1) is 12.2. The van der Waals surface area contributed by atoms with E-state index in [-0.39, 0.29) is 12.1 Å². The van der Waals surface area contributed by atoms with Crippen LogP contribution in [0.5, 0.6) is 0 Å². The average Bonchev–Trinajstić information content (AvgIpc) is 3.05. The van der Waals surface area contributed by atoms with E-state index in [4.69, 9.17) is 11.6 Å². The first-order valence-corrected chi connectivity index (χ1v) is 6.30. The molecule has 0 saturated heterocycles. The van der Waals surface area contributed by atoms with Crippen molar-refractivity contribution < 1.29 is 4.79 Å². The van der Waals surface area contributed by atoms with Gasteiger partial charge in [-0.25, -0.2) is 4.79 Å². The van der Waals surface area contributed by atoms with Crippen molar-refractivity contribution in [3.63, 3.8) is 0 Å². The Bertz CT molecular complexity index is 396. The van der Waals surface area contributed by atoms with E-state index < -0.39 is 0 Å². The van der Waals surface area contributed by atoms with Crippen LogP contribution in [0.1, 0.15) is 26.7 Å². The summed E-state index contributed by atoms with van der Waals surface area (Å²) in [5.41, 5.74) is 0.783. The molecular formula is C13H17ClN2O. The van der Waals surface area contributed by atoms with E-state index in [1.54, 1.807) is 12.1 Å². The van der Waals surface area contributed by atoms with Gasteiger partial charge in [-0.1, -0.05) is 11.6 Å². The van der Waals surface area contributed by atoms with Gasteiger partial charge in [-0.3, -0.25) is 0 Å². The number of hydrogen-bond donors (Lipinski definition) is 1. The average molecular weight is 253 g/mol. The summed E-state index contributed by atoms with van der Waals surface area (Å²) in [7, 11) is 0. The zero-order chi connectivity index (χ0) is 12.4. The molecule has 2 rings (SSSR count). The molecule has 1 aliphatic carbocycles. The number of benzene rings is 1. The van der Waals surface area contributed by atoms with E-state index in [2.05, 4.69) is 5.32 Å². The molecule has 1 aliphatic rings. The number of urea groups is 1. The predicted octanol–water partition coefficient (Wildman–Crippen LogP) is 3.74. The molecule has 17 heavy (non-hydrogen) atoms. The molecular weight excluding hydrogens is 236 g/mol. The van der Waals surface area contributed by atoms with Crippen LogP contribution in [0.3, 0.4) is 0 Å². The predicted molar refractivity (Wildman–Crippen MR) is 70.5 cm³/mol. The van der Waals surface area contributed by atoms with E-state index in [1.165, 1.54) is 0 Å². The van der Waals surface area contributed by atoms with Gasteiger partial charge in [0.05, 0.1) is 0 Å². The van der Waals surface area contributed by atoms with Crippen molar-refractivity contribution in [2.45, 2.75) is 38.8 Å². The Balaban J connectivity index is 2.02. The summed E-state index contributed by atoms with van der Waals surface area (Å²) in [5.74, 6) is 0. The summed E-state index contributed by atoms with van der Waals surface area (Å²) in [5, 5.41) is 3.57. The Hall–Kier alpha value is -1.22. The Labute approximate surface area is 107 Å². The molecule has 4 heteroatoms. The number of anilines is 1. The Morgan fingerprint density at radius 2 is 1.94 bits per heavy atom. The summed E-state index contributed by atoms with van der Waals surface area (Å²) >= 11 is 5.80. The van der Waals surface area contributed by atoms with Gasteiger partial charge < -0.3 is 10.2 Å². The van der Waals surface area contributed by atoms with E-state index in [0.29, 0.717) is 11.1 Å². The summed E-state index contributed by atoms with van der Waals surface area (Å²) in [6, 6.07) is 7.79. The lowest BCUT2D eigenvalue weighted by Crippen LogP contribution is -2.41. The quantitative estimate of drug-likeness (QED) is 0.873. The smallest absolute Gasteiger partial charge is 0.319 e. The molecule has 1 fully saturated rings. The number of nitrogens with zero attached hydrogens (tertiary/aromatic N) is 1. The lowest BCUT2D eigenvalue weighted by atomic mass is 10.3. The fourth-order valence-corrected chi connectivity index (χ4v) is 2.02. The minimum atomic E-state index is -0.0233. The lowest BCUT2D eigenvalue weighted by Gasteiger charge is -2.26. The van der Waals surface area contributed by atoms with Gasteiger partial charge in [-0.05, 0) is 51.0 Å². The number of carbonyl (C=O) groups excluding carboxylic acids is 1. The van der Waals surface area contributed by atoms with Crippen LogP contribution in [-0.2, 0) is 0 Å². The van der Waals surface area contributed by atoms with E-state index in [9.17, 15) is 4.79 Å². The first-order valence-electron chi connectivity index (χ1n) is 5.93. The van der Waals surface area contributed by atoms with Crippen molar-refractivity contribution in [3.8, 4) is 0 Å². The molecule has 1 N–H and O–H groups in total.